The van der Waals surface area contributed by atoms with Gasteiger partial charge in [0.1, 0.15) is 0 Å². The lowest BCUT2D eigenvalue weighted by molar-refractivity contribution is 0.0987. The summed E-state index contributed by atoms with van der Waals surface area (Å²) in [5.74, 6) is 0.265. The Morgan fingerprint density at radius 3 is 2.36 bits per heavy atom. The number of hydrogen-bond donors (Lipinski definition) is 2. The molecule has 0 atom stereocenters. The summed E-state index contributed by atoms with van der Waals surface area (Å²) >= 11 is 7.50. The van der Waals surface area contributed by atoms with E-state index in [1.54, 1.807) is 17.0 Å². The van der Waals surface area contributed by atoms with Crippen LogP contribution in [0.1, 0.15) is 69.2 Å². The van der Waals surface area contributed by atoms with E-state index in [1.807, 2.05) is 47.8 Å². The number of benzene rings is 3. The first kappa shape index (κ1) is 27.8. The van der Waals surface area contributed by atoms with Crippen LogP contribution in [0.2, 0.25) is 5.02 Å². The maximum atomic E-state index is 14.0. The summed E-state index contributed by atoms with van der Waals surface area (Å²) in [5, 5.41) is 18.5. The highest BCUT2D eigenvalue weighted by molar-refractivity contribution is 7.12. The Labute approximate surface area is 252 Å². The van der Waals surface area contributed by atoms with Crippen molar-refractivity contribution in [2.24, 2.45) is 0 Å². The molecule has 0 unspecified atom stereocenters. The maximum Gasteiger partial charge on any atom is 0.270 e. The van der Waals surface area contributed by atoms with Crippen molar-refractivity contribution in [3.63, 3.8) is 0 Å². The predicted octanol–water partition coefficient (Wildman–Crippen LogP) is 7.73. The SMILES string of the molecule is O=C(Nc1nn[nH]n1)c1ccc(CN(C(=O)c2cc(-c3ccc(Cl)cc3)cs2)c2ccc(C3CCCCC3)cc2)cc1. The summed E-state index contributed by atoms with van der Waals surface area (Å²) < 4.78 is 0. The number of nitrogens with zero attached hydrogens (tertiary/aromatic N) is 4. The third-order valence-corrected chi connectivity index (χ3v) is 8.81. The van der Waals surface area contributed by atoms with Gasteiger partial charge in [0, 0.05) is 16.3 Å². The Morgan fingerprint density at radius 1 is 0.929 bits per heavy atom. The Morgan fingerprint density at radius 2 is 1.67 bits per heavy atom. The molecule has 0 aliphatic heterocycles. The lowest BCUT2D eigenvalue weighted by atomic mass is 9.84. The van der Waals surface area contributed by atoms with Crippen LogP contribution in [-0.4, -0.2) is 32.4 Å². The van der Waals surface area contributed by atoms with Gasteiger partial charge in [-0.25, -0.2) is 0 Å². The van der Waals surface area contributed by atoms with Gasteiger partial charge in [-0.05, 0) is 94.1 Å². The van der Waals surface area contributed by atoms with Gasteiger partial charge in [0.05, 0.1) is 11.4 Å². The van der Waals surface area contributed by atoms with Crippen LogP contribution in [0.3, 0.4) is 0 Å². The number of carbonyl (C=O) groups excluding carboxylic acids is 2. The van der Waals surface area contributed by atoms with Gasteiger partial charge in [-0.1, -0.05) is 72.4 Å². The molecule has 3 aromatic carbocycles. The minimum atomic E-state index is -0.345. The summed E-state index contributed by atoms with van der Waals surface area (Å²) in [6.45, 7) is 0.350. The van der Waals surface area contributed by atoms with Gasteiger partial charge >= 0.3 is 0 Å². The van der Waals surface area contributed by atoms with Crippen LogP contribution >= 0.6 is 22.9 Å². The third-order valence-electron chi connectivity index (χ3n) is 7.64. The molecule has 10 heteroatoms. The van der Waals surface area contributed by atoms with Gasteiger partial charge in [0.2, 0.25) is 0 Å². The standard InChI is InChI=1S/C32H29ClN6O2S/c33-27-14-10-24(11-15-27)26-18-29(42-20-26)31(41)39(28-16-12-23(13-17-28)22-4-2-1-3-5-22)19-21-6-8-25(9-7-21)30(40)34-32-35-37-38-36-32/h6-18,20,22H,1-5,19H2,(H2,34,35,36,37,38,40). The summed E-state index contributed by atoms with van der Waals surface area (Å²) in [6, 6.07) is 25.2. The molecule has 42 heavy (non-hydrogen) atoms. The molecule has 2 heterocycles. The zero-order valence-corrected chi connectivity index (χ0v) is 24.4. The zero-order chi connectivity index (χ0) is 28.9. The molecule has 0 spiro atoms. The number of anilines is 2. The number of aromatic nitrogens is 4. The molecular weight excluding hydrogens is 568 g/mol. The van der Waals surface area contributed by atoms with Gasteiger partial charge < -0.3 is 4.90 Å². The largest absolute Gasteiger partial charge is 0.303 e. The molecule has 1 saturated carbocycles. The van der Waals surface area contributed by atoms with E-state index in [1.165, 1.54) is 49.0 Å². The summed E-state index contributed by atoms with van der Waals surface area (Å²) in [6.07, 6.45) is 6.30. The van der Waals surface area contributed by atoms with E-state index in [0.29, 0.717) is 27.9 Å². The topological polar surface area (TPSA) is 104 Å². The highest BCUT2D eigenvalue weighted by atomic mass is 35.5. The van der Waals surface area contributed by atoms with Crippen molar-refractivity contribution >= 4 is 46.4 Å². The van der Waals surface area contributed by atoms with Crippen molar-refractivity contribution in [2.75, 3.05) is 10.2 Å². The molecular formula is C32H29ClN6O2S. The first-order valence-corrected chi connectivity index (χ1v) is 15.2. The van der Waals surface area contributed by atoms with E-state index in [4.69, 9.17) is 11.6 Å². The number of hydrogen-bond acceptors (Lipinski definition) is 6. The molecule has 0 bridgehead atoms. The average Bonchev–Trinajstić information content (AvgIpc) is 3.74. The Hall–Kier alpha value is -4.34. The number of nitrogens with one attached hydrogen (secondary N) is 2. The van der Waals surface area contributed by atoms with Gasteiger partial charge in [0.25, 0.3) is 17.8 Å². The second-order valence-electron chi connectivity index (χ2n) is 10.4. The van der Waals surface area contributed by atoms with E-state index >= 15 is 0 Å². The smallest absolute Gasteiger partial charge is 0.270 e. The fourth-order valence-corrected chi connectivity index (χ4v) is 6.34. The van der Waals surface area contributed by atoms with Crippen molar-refractivity contribution in [3.8, 4) is 11.1 Å². The van der Waals surface area contributed by atoms with Gasteiger partial charge in [-0.2, -0.15) is 5.21 Å². The van der Waals surface area contributed by atoms with Gasteiger partial charge in [-0.15, -0.1) is 16.4 Å². The second kappa shape index (κ2) is 12.7. The van der Waals surface area contributed by atoms with Crippen LogP contribution in [0.15, 0.2) is 84.2 Å². The molecule has 8 nitrogen and oxygen atoms in total. The fraction of sp³-hybridized carbons (Fsp3) is 0.219. The monoisotopic (exact) mass is 596 g/mol. The summed E-state index contributed by atoms with van der Waals surface area (Å²) in [5.41, 5.74) is 5.50. The summed E-state index contributed by atoms with van der Waals surface area (Å²) in [7, 11) is 0. The predicted molar refractivity (Wildman–Crippen MR) is 166 cm³/mol. The third kappa shape index (κ3) is 6.42. The highest BCUT2D eigenvalue weighted by Gasteiger charge is 2.22. The molecule has 5 aromatic rings. The normalized spacial score (nSPS) is 13.5. The lowest BCUT2D eigenvalue weighted by Crippen LogP contribution is -2.30. The van der Waals surface area contributed by atoms with E-state index in [-0.39, 0.29) is 17.8 Å². The van der Waals surface area contributed by atoms with Crippen LogP contribution in [0, 0.1) is 0 Å². The molecule has 212 valence electrons. The van der Waals surface area contributed by atoms with E-state index in [9.17, 15) is 9.59 Å². The zero-order valence-electron chi connectivity index (χ0n) is 22.8. The van der Waals surface area contributed by atoms with Crippen molar-refractivity contribution in [3.05, 3.63) is 111 Å². The number of amides is 2. The van der Waals surface area contributed by atoms with Crippen molar-refractivity contribution in [2.45, 2.75) is 44.6 Å². The fourth-order valence-electron chi connectivity index (χ4n) is 5.35. The van der Waals surface area contributed by atoms with E-state index in [0.717, 1.165) is 22.4 Å². The molecule has 1 aliphatic rings. The number of thiophene rings is 1. The Balaban J connectivity index is 1.25. The first-order valence-electron chi connectivity index (χ1n) is 13.9. The molecule has 6 rings (SSSR count). The Bertz CT molecular complexity index is 1640. The highest BCUT2D eigenvalue weighted by Crippen LogP contribution is 2.34. The molecule has 1 fully saturated rings. The van der Waals surface area contributed by atoms with Gasteiger partial charge in [-0.3, -0.25) is 14.9 Å². The van der Waals surface area contributed by atoms with Crippen molar-refractivity contribution in [1.82, 2.24) is 20.6 Å². The Kier molecular flexibility index (Phi) is 8.39. The summed E-state index contributed by atoms with van der Waals surface area (Å²) in [4.78, 5) is 29.0. The number of rotatable bonds is 8. The van der Waals surface area contributed by atoms with Crippen LogP contribution in [0.25, 0.3) is 11.1 Å². The minimum Gasteiger partial charge on any atom is -0.303 e. The lowest BCUT2D eigenvalue weighted by Gasteiger charge is -2.25. The quantitative estimate of drug-likeness (QED) is 0.191. The van der Waals surface area contributed by atoms with Gasteiger partial charge in [0.15, 0.2) is 0 Å². The molecule has 1 aliphatic carbocycles. The molecule has 2 N–H and O–H groups in total. The number of H-pyrrole nitrogens is 1. The molecule has 0 radical (unpaired) electrons. The minimum absolute atomic E-state index is 0.0791. The number of aromatic amines is 1. The average molecular weight is 597 g/mol. The van der Waals surface area contributed by atoms with Crippen LogP contribution in [0.4, 0.5) is 11.6 Å². The van der Waals surface area contributed by atoms with Crippen LogP contribution in [-0.2, 0) is 6.54 Å². The van der Waals surface area contributed by atoms with E-state index < -0.39 is 0 Å². The first-order chi connectivity index (χ1) is 20.5. The molecule has 0 saturated heterocycles. The van der Waals surface area contributed by atoms with Crippen molar-refractivity contribution in [1.29, 1.82) is 0 Å². The second-order valence-corrected chi connectivity index (χ2v) is 11.8. The number of halogens is 1. The molecule has 2 amide bonds. The number of tetrazole rings is 1. The maximum absolute atomic E-state index is 14.0. The van der Waals surface area contributed by atoms with Crippen LogP contribution < -0.4 is 10.2 Å². The van der Waals surface area contributed by atoms with E-state index in [2.05, 4.69) is 50.2 Å². The molecule has 2 aromatic heterocycles. The van der Waals surface area contributed by atoms with Crippen LogP contribution in [0.5, 0.6) is 0 Å². The number of carbonyl (C=O) groups is 2. The van der Waals surface area contributed by atoms with Crippen molar-refractivity contribution < 1.29 is 9.59 Å².